The van der Waals surface area contributed by atoms with Crippen LogP contribution in [0.25, 0.3) is 5.57 Å². The number of likely N-dealkylation sites (N-methyl/N-ethyl adjacent to an activating group) is 1. The number of carbonyl (C=O) groups excluding carboxylic acids is 2. The number of nitrogens with one attached hydrogen (secondary N) is 1. The molecule has 0 saturated heterocycles. The Hall–Kier alpha value is -2.88. The molecule has 3 rings (SSSR count). The average Bonchev–Trinajstić information content (AvgIpc) is 2.82. The highest BCUT2D eigenvalue weighted by atomic mass is 16.2. The minimum atomic E-state index is -0.309. The average molecular weight is 348 g/mol. The number of amides is 2. The van der Waals surface area contributed by atoms with Gasteiger partial charge in [0.2, 0.25) is 0 Å². The van der Waals surface area contributed by atoms with Gasteiger partial charge in [0.15, 0.2) is 0 Å². The Kier molecular flexibility index (Phi) is 4.68. The van der Waals surface area contributed by atoms with Crippen LogP contribution in [0.3, 0.4) is 0 Å². The second kappa shape index (κ2) is 6.79. The molecule has 1 heterocycles. The maximum Gasteiger partial charge on any atom is 0.277 e. The third-order valence-electron chi connectivity index (χ3n) is 4.93. The van der Waals surface area contributed by atoms with Gasteiger partial charge in [-0.2, -0.15) is 0 Å². The third-order valence-corrected chi connectivity index (χ3v) is 4.93. The van der Waals surface area contributed by atoms with E-state index in [1.807, 2.05) is 56.3 Å². The Balaban J connectivity index is 2.04. The van der Waals surface area contributed by atoms with E-state index in [0.717, 1.165) is 27.3 Å². The van der Waals surface area contributed by atoms with Crippen LogP contribution in [-0.4, -0.2) is 23.8 Å². The van der Waals surface area contributed by atoms with E-state index in [1.54, 1.807) is 0 Å². The minimum absolute atomic E-state index is 0.278. The topological polar surface area (TPSA) is 49.4 Å². The highest BCUT2D eigenvalue weighted by Crippen LogP contribution is 2.31. The van der Waals surface area contributed by atoms with Crippen LogP contribution in [0.15, 0.2) is 48.2 Å². The fourth-order valence-corrected chi connectivity index (χ4v) is 3.02. The monoisotopic (exact) mass is 348 g/mol. The van der Waals surface area contributed by atoms with Gasteiger partial charge >= 0.3 is 0 Å². The fraction of sp³-hybridized carbons (Fsp3) is 0.273. The van der Waals surface area contributed by atoms with Gasteiger partial charge in [0, 0.05) is 12.7 Å². The van der Waals surface area contributed by atoms with Gasteiger partial charge < -0.3 is 5.32 Å². The molecule has 0 saturated carbocycles. The number of aryl methyl sites for hydroxylation is 2. The number of anilines is 1. The molecule has 4 heteroatoms. The lowest BCUT2D eigenvalue weighted by Crippen LogP contribution is -2.27. The van der Waals surface area contributed by atoms with Crippen LogP contribution in [0, 0.1) is 13.8 Å². The molecule has 0 atom stereocenters. The molecule has 2 aromatic carbocycles. The Morgan fingerprint density at radius 1 is 0.885 bits per heavy atom. The summed E-state index contributed by atoms with van der Waals surface area (Å²) in [5.41, 5.74) is 5.78. The number of nitrogens with zero attached hydrogens (tertiary/aromatic N) is 1. The van der Waals surface area contributed by atoms with E-state index < -0.39 is 0 Å². The summed E-state index contributed by atoms with van der Waals surface area (Å²) in [5.74, 6) is -0.147. The normalized spacial score (nSPS) is 14.6. The molecule has 4 nitrogen and oxygen atoms in total. The van der Waals surface area contributed by atoms with Crippen molar-refractivity contribution in [2.75, 3.05) is 12.4 Å². The first-order valence-electron chi connectivity index (χ1n) is 8.81. The van der Waals surface area contributed by atoms with Crippen molar-refractivity contribution in [3.05, 3.63) is 70.4 Å². The van der Waals surface area contributed by atoms with Crippen LogP contribution >= 0.6 is 0 Å². The van der Waals surface area contributed by atoms with E-state index in [1.165, 1.54) is 12.6 Å². The molecule has 0 bridgehead atoms. The second-order valence-corrected chi connectivity index (χ2v) is 7.12. The molecule has 2 aromatic rings. The molecule has 0 aromatic heterocycles. The largest absolute Gasteiger partial charge is 0.350 e. The van der Waals surface area contributed by atoms with Crippen molar-refractivity contribution >= 4 is 23.1 Å². The zero-order valence-electron chi connectivity index (χ0n) is 15.9. The van der Waals surface area contributed by atoms with Gasteiger partial charge in [-0.25, -0.2) is 0 Å². The molecule has 2 amide bonds. The predicted octanol–water partition coefficient (Wildman–Crippen LogP) is 4.25. The van der Waals surface area contributed by atoms with Crippen LogP contribution in [0.5, 0.6) is 0 Å². The number of rotatable bonds is 4. The molecule has 1 aliphatic rings. The van der Waals surface area contributed by atoms with E-state index in [2.05, 4.69) is 19.2 Å². The maximum absolute atomic E-state index is 12.7. The quantitative estimate of drug-likeness (QED) is 0.841. The summed E-state index contributed by atoms with van der Waals surface area (Å²) in [7, 11) is 1.52. The third kappa shape index (κ3) is 3.15. The van der Waals surface area contributed by atoms with Gasteiger partial charge in [0.25, 0.3) is 11.8 Å². The van der Waals surface area contributed by atoms with Gasteiger partial charge in [0.05, 0.1) is 5.57 Å². The summed E-state index contributed by atoms with van der Waals surface area (Å²) in [4.78, 5) is 26.4. The first kappa shape index (κ1) is 17.9. The number of hydrogen-bond donors (Lipinski definition) is 1. The molecule has 0 unspecified atom stereocenters. The lowest BCUT2D eigenvalue weighted by atomic mass is 9.99. The van der Waals surface area contributed by atoms with Gasteiger partial charge in [-0.15, -0.1) is 0 Å². The molecular weight excluding hydrogens is 324 g/mol. The van der Waals surface area contributed by atoms with E-state index in [0.29, 0.717) is 17.2 Å². The summed E-state index contributed by atoms with van der Waals surface area (Å²) in [6.45, 7) is 8.30. The molecule has 0 fully saturated rings. The Bertz CT molecular complexity index is 908. The molecule has 26 heavy (non-hydrogen) atoms. The van der Waals surface area contributed by atoms with Crippen molar-refractivity contribution < 1.29 is 9.59 Å². The minimum Gasteiger partial charge on any atom is -0.350 e. The highest BCUT2D eigenvalue weighted by molar-refractivity contribution is 6.36. The van der Waals surface area contributed by atoms with Crippen LogP contribution in [-0.2, 0) is 9.59 Å². The van der Waals surface area contributed by atoms with Crippen molar-refractivity contribution in [2.24, 2.45) is 0 Å². The summed E-state index contributed by atoms with van der Waals surface area (Å²) < 4.78 is 0. The number of hydrogen-bond acceptors (Lipinski definition) is 3. The zero-order chi connectivity index (χ0) is 19.0. The van der Waals surface area contributed by atoms with Crippen molar-refractivity contribution in [3.8, 4) is 0 Å². The maximum atomic E-state index is 12.7. The van der Waals surface area contributed by atoms with Gasteiger partial charge in [-0.05, 0) is 54.2 Å². The molecule has 0 spiro atoms. The lowest BCUT2D eigenvalue weighted by Gasteiger charge is -2.11. The first-order chi connectivity index (χ1) is 12.3. The molecule has 134 valence electrons. The summed E-state index contributed by atoms with van der Waals surface area (Å²) >= 11 is 0. The van der Waals surface area contributed by atoms with Gasteiger partial charge in [-0.3, -0.25) is 14.5 Å². The molecule has 0 aliphatic carbocycles. The predicted molar refractivity (Wildman–Crippen MR) is 105 cm³/mol. The Morgan fingerprint density at radius 3 is 2.12 bits per heavy atom. The summed E-state index contributed by atoms with van der Waals surface area (Å²) in [6, 6.07) is 13.8. The van der Waals surface area contributed by atoms with E-state index in [4.69, 9.17) is 0 Å². The van der Waals surface area contributed by atoms with E-state index >= 15 is 0 Å². The molecular formula is C22H24N2O2. The van der Waals surface area contributed by atoms with E-state index in [9.17, 15) is 9.59 Å². The second-order valence-electron chi connectivity index (χ2n) is 7.12. The molecule has 1 aliphatic heterocycles. The summed E-state index contributed by atoms with van der Waals surface area (Å²) in [6.07, 6.45) is 0. The number of imide groups is 1. The SMILES string of the molecule is Cc1ccc(C2=C(Nc3ccc(C(C)C)cc3)C(=O)N(C)C2=O)cc1C. The van der Waals surface area contributed by atoms with Crippen LogP contribution in [0.4, 0.5) is 5.69 Å². The van der Waals surface area contributed by atoms with Crippen LogP contribution < -0.4 is 5.32 Å². The van der Waals surface area contributed by atoms with Crippen LogP contribution in [0.2, 0.25) is 0 Å². The number of benzene rings is 2. The molecule has 0 radical (unpaired) electrons. The smallest absolute Gasteiger partial charge is 0.277 e. The number of carbonyl (C=O) groups is 2. The first-order valence-corrected chi connectivity index (χ1v) is 8.81. The lowest BCUT2D eigenvalue weighted by molar-refractivity contribution is -0.135. The van der Waals surface area contributed by atoms with Crippen molar-refractivity contribution in [1.29, 1.82) is 0 Å². The van der Waals surface area contributed by atoms with Gasteiger partial charge in [0.1, 0.15) is 5.70 Å². The Morgan fingerprint density at radius 2 is 1.54 bits per heavy atom. The van der Waals surface area contributed by atoms with Crippen molar-refractivity contribution in [1.82, 2.24) is 4.90 Å². The zero-order valence-corrected chi connectivity index (χ0v) is 15.9. The van der Waals surface area contributed by atoms with E-state index in [-0.39, 0.29) is 11.8 Å². The van der Waals surface area contributed by atoms with Crippen LogP contribution in [0.1, 0.15) is 42.0 Å². The highest BCUT2D eigenvalue weighted by Gasteiger charge is 2.36. The Labute approximate surface area is 154 Å². The van der Waals surface area contributed by atoms with Crippen molar-refractivity contribution in [2.45, 2.75) is 33.6 Å². The van der Waals surface area contributed by atoms with Crippen molar-refractivity contribution in [3.63, 3.8) is 0 Å². The fourth-order valence-electron chi connectivity index (χ4n) is 3.02. The standard InChI is InChI=1S/C22H24N2O2/c1-13(2)16-8-10-18(11-9-16)23-20-19(21(25)24(5)22(20)26)17-7-6-14(3)15(4)12-17/h6-13,23H,1-5H3. The summed E-state index contributed by atoms with van der Waals surface area (Å²) in [5, 5.41) is 3.17. The molecule has 1 N–H and O–H groups in total. The van der Waals surface area contributed by atoms with Gasteiger partial charge in [-0.1, -0.05) is 44.2 Å².